The number of esters is 1. The molecule has 0 radical (unpaired) electrons. The van der Waals surface area contributed by atoms with Crippen molar-refractivity contribution < 1.29 is 29.3 Å². The molecule has 6 aliphatic rings. The molecule has 2 aliphatic heterocycles. The van der Waals surface area contributed by atoms with Gasteiger partial charge < -0.3 is 19.7 Å². The molecule has 6 heteroatoms. The van der Waals surface area contributed by atoms with Gasteiger partial charge in [0.05, 0.1) is 23.7 Å². The first-order valence-corrected chi connectivity index (χ1v) is 13.1. The van der Waals surface area contributed by atoms with Gasteiger partial charge in [-0.1, -0.05) is 19.6 Å². The van der Waals surface area contributed by atoms with Gasteiger partial charge in [-0.25, -0.2) is 4.79 Å². The Morgan fingerprint density at radius 2 is 1.76 bits per heavy atom. The van der Waals surface area contributed by atoms with Crippen LogP contribution in [0.4, 0.5) is 0 Å². The number of rotatable bonds is 1. The summed E-state index contributed by atoms with van der Waals surface area (Å²) >= 11 is 0. The molecule has 0 aromatic carbocycles. The average Bonchev–Trinajstić information content (AvgIpc) is 3.13. The molecule has 2 bridgehead atoms. The molecule has 0 amide bonds. The first-order valence-electron chi connectivity index (χ1n) is 13.1. The van der Waals surface area contributed by atoms with E-state index in [0.717, 1.165) is 25.7 Å². The van der Waals surface area contributed by atoms with Gasteiger partial charge in [-0.2, -0.15) is 0 Å². The third-order valence-electron chi connectivity index (χ3n) is 11.7. The Labute approximate surface area is 201 Å². The van der Waals surface area contributed by atoms with Gasteiger partial charge in [-0.3, -0.25) is 4.79 Å². The topological polar surface area (TPSA) is 93.1 Å². The number of aliphatic hydroxyl groups is 2. The van der Waals surface area contributed by atoms with Crippen LogP contribution in [0, 0.1) is 40.4 Å². The molecule has 34 heavy (non-hydrogen) atoms. The van der Waals surface area contributed by atoms with Crippen LogP contribution in [0.15, 0.2) is 24.3 Å². The number of ketones is 1. The second kappa shape index (κ2) is 7.04. The number of allylic oxidation sites excluding steroid dienone is 1. The van der Waals surface area contributed by atoms with E-state index in [4.69, 9.17) is 9.47 Å². The third-order valence-corrected chi connectivity index (χ3v) is 11.7. The maximum Gasteiger partial charge on any atom is 0.336 e. The highest BCUT2D eigenvalue weighted by Gasteiger charge is 2.69. The van der Waals surface area contributed by atoms with Crippen molar-refractivity contribution in [1.82, 2.24) is 0 Å². The minimum absolute atomic E-state index is 0.0306. The van der Waals surface area contributed by atoms with Crippen molar-refractivity contribution in [2.24, 2.45) is 40.4 Å². The molecule has 2 N–H and O–H groups in total. The summed E-state index contributed by atoms with van der Waals surface area (Å²) < 4.78 is 12.2. The second-order valence-electron chi connectivity index (χ2n) is 12.8. The lowest BCUT2D eigenvalue weighted by Crippen LogP contribution is -2.69. The second-order valence-corrected chi connectivity index (χ2v) is 12.8. The summed E-state index contributed by atoms with van der Waals surface area (Å²) in [5.74, 6) is 0.769. The van der Waals surface area contributed by atoms with Crippen molar-refractivity contribution in [1.29, 1.82) is 0 Å². The van der Waals surface area contributed by atoms with E-state index >= 15 is 0 Å². The van der Waals surface area contributed by atoms with E-state index in [-0.39, 0.29) is 41.0 Å². The molecule has 11 atom stereocenters. The summed E-state index contributed by atoms with van der Waals surface area (Å²) in [7, 11) is 0. The molecule has 4 aliphatic carbocycles. The van der Waals surface area contributed by atoms with Crippen LogP contribution in [-0.2, 0) is 19.1 Å². The Bertz CT molecular complexity index is 987. The molecular weight excluding hydrogens is 432 g/mol. The Morgan fingerprint density at radius 1 is 1.06 bits per heavy atom. The number of carbonyl (C=O) groups is 2. The molecule has 186 valence electrons. The highest BCUT2D eigenvalue weighted by atomic mass is 16.6. The highest BCUT2D eigenvalue weighted by molar-refractivity contribution is 5.97. The normalized spacial score (nSPS) is 56.4. The monoisotopic (exact) mass is 470 g/mol. The summed E-state index contributed by atoms with van der Waals surface area (Å²) in [6.45, 7) is 10.7. The maximum atomic E-state index is 13.2. The largest absolute Gasteiger partial charge is 0.458 e. The van der Waals surface area contributed by atoms with E-state index in [1.165, 1.54) is 0 Å². The fraction of sp³-hybridized carbons (Fsp3) is 0.786. The zero-order valence-corrected chi connectivity index (χ0v) is 20.6. The van der Waals surface area contributed by atoms with Crippen LogP contribution in [-0.4, -0.2) is 52.0 Å². The lowest BCUT2D eigenvalue weighted by Gasteiger charge is -2.63. The molecule has 2 heterocycles. The van der Waals surface area contributed by atoms with Crippen LogP contribution >= 0.6 is 0 Å². The van der Waals surface area contributed by atoms with Gasteiger partial charge in [0, 0.05) is 12.3 Å². The lowest BCUT2D eigenvalue weighted by molar-refractivity contribution is -0.234. The van der Waals surface area contributed by atoms with Crippen molar-refractivity contribution in [3.8, 4) is 0 Å². The van der Waals surface area contributed by atoms with Crippen molar-refractivity contribution in [3.05, 3.63) is 24.3 Å². The van der Waals surface area contributed by atoms with E-state index < -0.39 is 22.7 Å². The number of fused-ring (bicyclic) bond motifs is 7. The maximum absolute atomic E-state index is 13.2. The van der Waals surface area contributed by atoms with Gasteiger partial charge in [-0.15, -0.1) is 0 Å². The highest BCUT2D eigenvalue weighted by Crippen LogP contribution is 2.68. The van der Waals surface area contributed by atoms with Crippen molar-refractivity contribution in [3.63, 3.8) is 0 Å². The number of carbonyl (C=O) groups excluding carboxylic acids is 2. The predicted octanol–water partition coefficient (Wildman–Crippen LogP) is 3.35. The fourth-order valence-electron chi connectivity index (χ4n) is 9.58. The van der Waals surface area contributed by atoms with Gasteiger partial charge in [0.15, 0.2) is 5.78 Å². The number of aliphatic hydroxyl groups excluding tert-OH is 1. The fourth-order valence-corrected chi connectivity index (χ4v) is 9.58. The SMILES string of the molecule is C=C1C(=O)O[C@@H]2C[C@]1(C)OC[C@H]2[C@H]1CC[C@H]2[C@@H]3C[C@@H](O)[C@@]4(O)CC=CC(=O)[C@]4(C)[C@H]3CC[C@]12C. The molecule has 0 aromatic heterocycles. The molecule has 6 rings (SSSR count). The van der Waals surface area contributed by atoms with Crippen LogP contribution in [0.5, 0.6) is 0 Å². The van der Waals surface area contributed by atoms with E-state index in [2.05, 4.69) is 13.5 Å². The summed E-state index contributed by atoms with van der Waals surface area (Å²) in [6.07, 6.45) is 7.75. The van der Waals surface area contributed by atoms with Crippen molar-refractivity contribution >= 4 is 11.8 Å². The summed E-state index contributed by atoms with van der Waals surface area (Å²) in [4.78, 5) is 25.7. The minimum Gasteiger partial charge on any atom is -0.458 e. The van der Waals surface area contributed by atoms with Gasteiger partial charge in [0.25, 0.3) is 0 Å². The van der Waals surface area contributed by atoms with Gasteiger partial charge >= 0.3 is 5.97 Å². The van der Waals surface area contributed by atoms with Crippen LogP contribution in [0.2, 0.25) is 0 Å². The first kappa shape index (κ1) is 22.9. The molecule has 3 saturated carbocycles. The van der Waals surface area contributed by atoms with Crippen LogP contribution < -0.4 is 0 Å². The van der Waals surface area contributed by atoms with Gasteiger partial charge in [0.2, 0.25) is 0 Å². The Morgan fingerprint density at radius 3 is 2.50 bits per heavy atom. The molecule has 0 unspecified atom stereocenters. The quantitative estimate of drug-likeness (QED) is 0.451. The van der Waals surface area contributed by atoms with Crippen LogP contribution in [0.25, 0.3) is 0 Å². The Hall–Kier alpha value is -1.50. The lowest BCUT2D eigenvalue weighted by atomic mass is 9.42. The van der Waals surface area contributed by atoms with Gasteiger partial charge in [-0.05, 0) is 87.5 Å². The summed E-state index contributed by atoms with van der Waals surface area (Å²) in [6, 6.07) is 0. The van der Waals surface area contributed by atoms with Crippen LogP contribution in [0.3, 0.4) is 0 Å². The average molecular weight is 471 g/mol. The molecule has 6 nitrogen and oxygen atoms in total. The van der Waals surface area contributed by atoms with E-state index in [9.17, 15) is 19.8 Å². The molecule has 0 spiro atoms. The molecular formula is C28H38O6. The zero-order valence-electron chi connectivity index (χ0n) is 20.6. The number of ether oxygens (including phenoxy) is 2. The minimum atomic E-state index is -1.38. The van der Waals surface area contributed by atoms with E-state index in [0.29, 0.717) is 43.3 Å². The zero-order chi connectivity index (χ0) is 24.3. The third kappa shape index (κ3) is 2.63. The molecule has 5 fully saturated rings. The summed E-state index contributed by atoms with van der Waals surface area (Å²) in [5, 5.41) is 22.7. The Balaban J connectivity index is 1.30. The Kier molecular flexibility index (Phi) is 4.75. The van der Waals surface area contributed by atoms with Crippen molar-refractivity contribution in [2.45, 2.75) is 89.1 Å². The molecule has 0 aromatic rings. The van der Waals surface area contributed by atoms with E-state index in [1.807, 2.05) is 13.8 Å². The first-order chi connectivity index (χ1) is 16.0. The number of hydrogen-bond donors (Lipinski definition) is 2. The standard InChI is InChI=1S/C28H38O6/c1-15-24(31)34-21-13-26(15,3)33-14-17(21)19-8-7-18-16-12-23(30)28(32)10-5-6-22(29)27(28,4)20(16)9-11-25(18,19)2/h5-6,16-21,23,30,32H,1,7-14H2,2-4H3/t16-,17-,18-,19+,20-,21+,23+,25-,26-,27-,28-/m0/s1. The van der Waals surface area contributed by atoms with Crippen molar-refractivity contribution in [2.75, 3.05) is 6.61 Å². The van der Waals surface area contributed by atoms with Gasteiger partial charge in [0.1, 0.15) is 17.3 Å². The summed E-state index contributed by atoms with van der Waals surface area (Å²) in [5.41, 5.74) is -2.51. The molecule has 2 saturated heterocycles. The number of hydrogen-bond acceptors (Lipinski definition) is 6. The van der Waals surface area contributed by atoms with E-state index in [1.54, 1.807) is 12.2 Å². The predicted molar refractivity (Wildman–Crippen MR) is 124 cm³/mol. The van der Waals surface area contributed by atoms with Crippen LogP contribution in [0.1, 0.15) is 65.7 Å². The smallest absolute Gasteiger partial charge is 0.336 e.